The number of hydrogen-bond acceptors (Lipinski definition) is 8. The maximum Gasteiger partial charge on any atom is 0.232 e. The molecule has 2 aromatic carbocycles. The second-order valence-corrected chi connectivity index (χ2v) is 7.04. The summed E-state index contributed by atoms with van der Waals surface area (Å²) < 4.78 is 19.4. The third-order valence-corrected chi connectivity index (χ3v) is 4.99. The van der Waals surface area contributed by atoms with Crippen molar-refractivity contribution in [2.75, 3.05) is 55.9 Å². The number of para-hydroxylation sites is 1. The third-order valence-electron chi connectivity index (χ3n) is 4.99. The van der Waals surface area contributed by atoms with Crippen LogP contribution in [0.15, 0.2) is 48.8 Å². The lowest BCUT2D eigenvalue weighted by molar-refractivity contribution is 0.312. The number of piperazine rings is 1. The molecule has 0 radical (unpaired) electrons. The largest absolute Gasteiger partial charge is 0.494 e. The Kier molecular flexibility index (Phi) is 5.89. The van der Waals surface area contributed by atoms with E-state index in [9.17, 15) is 4.39 Å². The van der Waals surface area contributed by atoms with Crippen LogP contribution in [0.1, 0.15) is 0 Å². The van der Waals surface area contributed by atoms with Crippen molar-refractivity contribution in [1.29, 1.82) is 0 Å². The number of likely N-dealkylation sites (N-methyl/N-ethyl adjacent to an activating group) is 1. The molecule has 1 aliphatic rings. The van der Waals surface area contributed by atoms with Crippen molar-refractivity contribution in [3.05, 3.63) is 54.6 Å². The first-order chi connectivity index (χ1) is 14.6. The zero-order valence-corrected chi connectivity index (χ0v) is 17.0. The molecule has 0 atom stereocenters. The van der Waals surface area contributed by atoms with E-state index in [1.165, 1.54) is 12.4 Å². The fraction of sp³-hybridized carbons (Fsp3) is 0.286. The van der Waals surface area contributed by atoms with Gasteiger partial charge in [0.1, 0.15) is 17.9 Å². The van der Waals surface area contributed by atoms with Crippen molar-refractivity contribution in [1.82, 2.24) is 19.9 Å². The Morgan fingerprint density at radius 2 is 1.63 bits per heavy atom. The fourth-order valence-electron chi connectivity index (χ4n) is 3.26. The molecule has 1 aromatic heterocycles. The minimum atomic E-state index is -0.381. The first kappa shape index (κ1) is 19.8. The highest BCUT2D eigenvalue weighted by Gasteiger charge is 2.16. The zero-order valence-electron chi connectivity index (χ0n) is 17.0. The van der Waals surface area contributed by atoms with Gasteiger partial charge >= 0.3 is 0 Å². The van der Waals surface area contributed by atoms with Crippen molar-refractivity contribution >= 4 is 29.0 Å². The number of benzene rings is 2. The van der Waals surface area contributed by atoms with Crippen molar-refractivity contribution in [3.8, 4) is 5.75 Å². The number of rotatable bonds is 6. The van der Waals surface area contributed by atoms with E-state index in [0.29, 0.717) is 17.4 Å². The molecule has 1 aliphatic heterocycles. The van der Waals surface area contributed by atoms with Crippen LogP contribution in [0.2, 0.25) is 0 Å². The average Bonchev–Trinajstić information content (AvgIpc) is 2.76. The lowest BCUT2D eigenvalue weighted by atomic mass is 10.2. The monoisotopic (exact) mass is 409 g/mol. The van der Waals surface area contributed by atoms with Gasteiger partial charge in [0.05, 0.1) is 18.5 Å². The molecule has 156 valence electrons. The molecule has 0 aliphatic carbocycles. The Balaban J connectivity index is 1.50. The van der Waals surface area contributed by atoms with Crippen LogP contribution in [0.5, 0.6) is 5.75 Å². The van der Waals surface area contributed by atoms with Gasteiger partial charge in [0.2, 0.25) is 11.9 Å². The SMILES string of the molecule is COc1cc(N2CCN(C)CC2)ccc1Nc1ncnc(Nc2ccccc2F)n1. The van der Waals surface area contributed by atoms with E-state index < -0.39 is 0 Å². The van der Waals surface area contributed by atoms with Crippen LogP contribution < -0.4 is 20.3 Å². The lowest BCUT2D eigenvalue weighted by Gasteiger charge is -2.34. The van der Waals surface area contributed by atoms with Crippen LogP contribution in [0.25, 0.3) is 0 Å². The summed E-state index contributed by atoms with van der Waals surface area (Å²) in [7, 11) is 3.77. The van der Waals surface area contributed by atoms with Crippen molar-refractivity contribution < 1.29 is 9.13 Å². The molecule has 30 heavy (non-hydrogen) atoms. The smallest absolute Gasteiger partial charge is 0.232 e. The molecular weight excluding hydrogens is 385 g/mol. The molecular formula is C21H24FN7O. The van der Waals surface area contributed by atoms with Crippen molar-refractivity contribution in [2.45, 2.75) is 0 Å². The summed E-state index contributed by atoms with van der Waals surface area (Å²) >= 11 is 0. The average molecular weight is 409 g/mol. The molecule has 4 rings (SSSR count). The molecule has 8 nitrogen and oxygen atoms in total. The van der Waals surface area contributed by atoms with E-state index >= 15 is 0 Å². The van der Waals surface area contributed by atoms with Gasteiger partial charge in [-0.15, -0.1) is 0 Å². The topological polar surface area (TPSA) is 78.4 Å². The number of ether oxygens (including phenoxy) is 1. The highest BCUT2D eigenvalue weighted by molar-refractivity contribution is 5.68. The van der Waals surface area contributed by atoms with Gasteiger partial charge in [-0.3, -0.25) is 0 Å². The normalized spacial score (nSPS) is 14.4. The molecule has 0 spiro atoms. The Morgan fingerprint density at radius 3 is 2.33 bits per heavy atom. The molecule has 1 fully saturated rings. The maximum atomic E-state index is 13.9. The zero-order chi connectivity index (χ0) is 20.9. The second kappa shape index (κ2) is 8.91. The minimum Gasteiger partial charge on any atom is -0.494 e. The summed E-state index contributed by atoms with van der Waals surface area (Å²) in [5.41, 5.74) is 2.14. The number of anilines is 5. The van der Waals surface area contributed by atoms with E-state index in [0.717, 1.165) is 37.6 Å². The second-order valence-electron chi connectivity index (χ2n) is 7.04. The number of hydrogen-bond donors (Lipinski definition) is 2. The van der Waals surface area contributed by atoms with E-state index in [1.807, 2.05) is 12.1 Å². The predicted molar refractivity (Wildman–Crippen MR) is 115 cm³/mol. The molecule has 2 N–H and O–H groups in total. The summed E-state index contributed by atoms with van der Waals surface area (Å²) in [6.45, 7) is 4.02. The van der Waals surface area contributed by atoms with Gasteiger partial charge in [-0.05, 0) is 31.3 Å². The van der Waals surface area contributed by atoms with Gasteiger partial charge < -0.3 is 25.2 Å². The number of methoxy groups -OCH3 is 1. The van der Waals surface area contributed by atoms with Crippen molar-refractivity contribution in [3.63, 3.8) is 0 Å². The molecule has 0 saturated carbocycles. The van der Waals surface area contributed by atoms with Crippen LogP contribution in [0, 0.1) is 5.82 Å². The molecule has 0 amide bonds. The third kappa shape index (κ3) is 4.57. The van der Waals surface area contributed by atoms with Crippen LogP contribution in [0.4, 0.5) is 33.3 Å². The summed E-state index contributed by atoms with van der Waals surface area (Å²) in [5.74, 6) is 0.879. The van der Waals surface area contributed by atoms with E-state index in [4.69, 9.17) is 4.74 Å². The Morgan fingerprint density at radius 1 is 0.933 bits per heavy atom. The number of halogens is 1. The van der Waals surface area contributed by atoms with E-state index in [1.54, 1.807) is 25.3 Å². The maximum absolute atomic E-state index is 13.9. The van der Waals surface area contributed by atoms with Crippen LogP contribution >= 0.6 is 0 Å². The molecule has 1 saturated heterocycles. The van der Waals surface area contributed by atoms with Gasteiger partial charge in [0.15, 0.2) is 0 Å². The van der Waals surface area contributed by atoms with Gasteiger partial charge in [-0.25, -0.2) is 14.4 Å². The standard InChI is InChI=1S/C21H24FN7O/c1-28-9-11-29(12-10-28)15-7-8-18(19(13-15)30-2)26-21-24-14-23-20(27-21)25-17-6-4-3-5-16(17)22/h3-8,13-14H,9-12H2,1-2H3,(H2,23,24,25,26,27). The number of aromatic nitrogens is 3. The molecule has 2 heterocycles. The van der Waals surface area contributed by atoms with E-state index in [2.05, 4.69) is 48.5 Å². The summed E-state index contributed by atoms with van der Waals surface area (Å²) in [5, 5.41) is 6.02. The van der Waals surface area contributed by atoms with Crippen LogP contribution in [-0.2, 0) is 0 Å². The molecule has 0 unspecified atom stereocenters. The first-order valence-corrected chi connectivity index (χ1v) is 9.71. The molecule has 9 heteroatoms. The quantitative estimate of drug-likeness (QED) is 0.642. The highest BCUT2D eigenvalue weighted by atomic mass is 19.1. The number of nitrogens with zero attached hydrogens (tertiary/aromatic N) is 5. The van der Waals surface area contributed by atoms with Gasteiger partial charge in [-0.2, -0.15) is 4.98 Å². The summed E-state index contributed by atoms with van der Waals surface area (Å²) in [6, 6.07) is 12.4. The van der Waals surface area contributed by atoms with Crippen LogP contribution in [0.3, 0.4) is 0 Å². The van der Waals surface area contributed by atoms with Gasteiger partial charge in [0.25, 0.3) is 0 Å². The first-order valence-electron chi connectivity index (χ1n) is 9.71. The van der Waals surface area contributed by atoms with E-state index in [-0.39, 0.29) is 11.8 Å². The highest BCUT2D eigenvalue weighted by Crippen LogP contribution is 2.32. The molecule has 3 aromatic rings. The van der Waals surface area contributed by atoms with Gasteiger partial charge in [0, 0.05) is 37.9 Å². The molecule has 0 bridgehead atoms. The Labute approximate surface area is 174 Å². The summed E-state index contributed by atoms with van der Waals surface area (Å²) in [4.78, 5) is 17.2. The lowest BCUT2D eigenvalue weighted by Crippen LogP contribution is -2.44. The van der Waals surface area contributed by atoms with Crippen molar-refractivity contribution in [2.24, 2.45) is 0 Å². The fourth-order valence-corrected chi connectivity index (χ4v) is 3.26. The van der Waals surface area contributed by atoms with Crippen LogP contribution in [-0.4, -0.2) is 60.2 Å². The summed E-state index contributed by atoms with van der Waals surface area (Å²) in [6.07, 6.45) is 1.36. The minimum absolute atomic E-state index is 0.241. The van der Waals surface area contributed by atoms with Gasteiger partial charge in [-0.1, -0.05) is 12.1 Å². The Hall–Kier alpha value is -3.46. The number of nitrogens with one attached hydrogen (secondary N) is 2. The predicted octanol–water partition coefficient (Wildman–Crippen LogP) is 3.26. The Bertz CT molecular complexity index is 1010.